The number of hydrogen-bond acceptors (Lipinski definition) is 4. The summed E-state index contributed by atoms with van der Waals surface area (Å²) in [6.45, 7) is 5.99. The van der Waals surface area contributed by atoms with E-state index < -0.39 is 6.04 Å². The average molecular weight is 433 g/mol. The van der Waals surface area contributed by atoms with Gasteiger partial charge in [0, 0.05) is 29.5 Å². The molecule has 0 saturated heterocycles. The second-order valence-electron chi connectivity index (χ2n) is 7.62. The maximum absolute atomic E-state index is 12.8. The van der Waals surface area contributed by atoms with Gasteiger partial charge < -0.3 is 14.6 Å². The van der Waals surface area contributed by atoms with Gasteiger partial charge in [-0.05, 0) is 73.9 Å². The van der Waals surface area contributed by atoms with E-state index in [0.29, 0.717) is 10.7 Å². The van der Waals surface area contributed by atoms with Gasteiger partial charge in [-0.15, -0.1) is 0 Å². The van der Waals surface area contributed by atoms with E-state index in [1.165, 1.54) is 7.11 Å². The van der Waals surface area contributed by atoms with Crippen LogP contribution in [0.4, 0.5) is 5.69 Å². The van der Waals surface area contributed by atoms with Gasteiger partial charge in [0.05, 0.1) is 25.1 Å². The van der Waals surface area contributed by atoms with Crippen LogP contribution in [0, 0.1) is 13.8 Å². The third kappa shape index (κ3) is 3.96. The quantitative estimate of drug-likeness (QED) is 0.488. The van der Waals surface area contributed by atoms with Crippen molar-refractivity contribution in [1.82, 2.24) is 14.9 Å². The summed E-state index contributed by atoms with van der Waals surface area (Å²) in [7, 11) is 1.40. The predicted octanol–water partition coefficient (Wildman–Crippen LogP) is 4.37. The summed E-state index contributed by atoms with van der Waals surface area (Å²) in [6.07, 6.45) is 5.36. The van der Waals surface area contributed by atoms with Crippen LogP contribution in [0.2, 0.25) is 0 Å². The fraction of sp³-hybridized carbons (Fsp3) is 0.208. The van der Waals surface area contributed by atoms with Crippen LogP contribution in [0.3, 0.4) is 0 Å². The van der Waals surface area contributed by atoms with Crippen molar-refractivity contribution in [3.63, 3.8) is 0 Å². The first kappa shape index (κ1) is 20.8. The molecule has 1 atom stereocenters. The Bertz CT molecular complexity index is 1150. The average Bonchev–Trinajstić information content (AvgIpc) is 3.27. The highest BCUT2D eigenvalue weighted by atomic mass is 32.1. The summed E-state index contributed by atoms with van der Waals surface area (Å²) in [5.41, 5.74) is 6.37. The molecule has 1 N–H and O–H groups in total. The number of allylic oxidation sites excluding steroid dienone is 1. The number of methoxy groups -OCH3 is 1. The minimum Gasteiger partial charge on any atom is -0.466 e. The summed E-state index contributed by atoms with van der Waals surface area (Å²) >= 11 is 5.73. The number of aromatic nitrogens is 2. The van der Waals surface area contributed by atoms with Crippen LogP contribution in [-0.2, 0) is 9.53 Å². The molecule has 158 valence electrons. The van der Waals surface area contributed by atoms with Crippen LogP contribution in [0.1, 0.15) is 29.7 Å². The lowest BCUT2D eigenvalue weighted by molar-refractivity contribution is -0.136. The molecule has 0 spiro atoms. The number of nitrogens with one attached hydrogen (secondary N) is 1. The molecule has 0 amide bonds. The lowest BCUT2D eigenvalue weighted by atomic mass is 9.94. The highest BCUT2D eigenvalue weighted by Crippen LogP contribution is 2.35. The Morgan fingerprint density at radius 2 is 1.74 bits per heavy atom. The Labute approximate surface area is 187 Å². The predicted molar refractivity (Wildman–Crippen MR) is 125 cm³/mol. The Kier molecular flexibility index (Phi) is 5.61. The van der Waals surface area contributed by atoms with Crippen molar-refractivity contribution >= 4 is 29.0 Å². The van der Waals surface area contributed by atoms with Crippen molar-refractivity contribution < 1.29 is 9.53 Å². The number of thiocarbonyl (C=S) groups is 1. The minimum atomic E-state index is -0.404. The number of esters is 1. The Hall–Kier alpha value is -3.45. The van der Waals surface area contributed by atoms with Crippen molar-refractivity contribution in [2.24, 2.45) is 0 Å². The summed E-state index contributed by atoms with van der Waals surface area (Å²) in [5.74, 6) is -0.384. The molecule has 2 heterocycles. The van der Waals surface area contributed by atoms with Crippen molar-refractivity contribution in [1.29, 1.82) is 0 Å². The third-order valence-corrected chi connectivity index (χ3v) is 5.68. The molecule has 1 aliphatic rings. The number of carbonyl (C=O) groups is 1. The lowest BCUT2D eigenvalue weighted by Gasteiger charge is -2.37. The van der Waals surface area contributed by atoms with E-state index in [1.807, 2.05) is 60.7 Å². The van der Waals surface area contributed by atoms with E-state index in [1.54, 1.807) is 12.5 Å². The van der Waals surface area contributed by atoms with Gasteiger partial charge in [0.15, 0.2) is 5.11 Å². The van der Waals surface area contributed by atoms with Gasteiger partial charge in [-0.25, -0.2) is 9.78 Å². The second-order valence-corrected chi connectivity index (χ2v) is 8.00. The number of rotatable bonds is 4. The number of aryl methyl sites for hydroxylation is 2. The number of nitrogens with zero attached hydrogens (tertiary/aromatic N) is 3. The Balaban J connectivity index is 1.78. The molecule has 1 aliphatic heterocycles. The molecule has 6 nitrogen and oxygen atoms in total. The van der Waals surface area contributed by atoms with Crippen LogP contribution in [-0.4, -0.2) is 27.7 Å². The van der Waals surface area contributed by atoms with Crippen molar-refractivity contribution in [2.75, 3.05) is 12.0 Å². The zero-order valence-corrected chi connectivity index (χ0v) is 18.7. The molecule has 7 heteroatoms. The number of carbonyl (C=O) groups excluding carboxylic acids is 1. The fourth-order valence-electron chi connectivity index (χ4n) is 4.01. The van der Waals surface area contributed by atoms with Crippen molar-refractivity contribution in [3.05, 3.63) is 89.1 Å². The van der Waals surface area contributed by atoms with Crippen LogP contribution < -0.4 is 10.2 Å². The molecule has 4 rings (SSSR count). The maximum Gasteiger partial charge on any atom is 0.337 e. The monoisotopic (exact) mass is 432 g/mol. The zero-order chi connectivity index (χ0) is 22.1. The first-order valence-electron chi connectivity index (χ1n) is 9.95. The van der Waals surface area contributed by atoms with E-state index >= 15 is 0 Å². The number of anilines is 1. The normalized spacial score (nSPS) is 16.3. The van der Waals surface area contributed by atoms with E-state index in [4.69, 9.17) is 17.0 Å². The first-order valence-corrected chi connectivity index (χ1v) is 10.4. The molecule has 0 saturated carbocycles. The van der Waals surface area contributed by atoms with Gasteiger partial charge in [0.25, 0.3) is 0 Å². The van der Waals surface area contributed by atoms with Crippen LogP contribution >= 0.6 is 12.2 Å². The summed E-state index contributed by atoms with van der Waals surface area (Å²) < 4.78 is 7.07. The van der Waals surface area contributed by atoms with E-state index in [0.717, 1.165) is 33.8 Å². The van der Waals surface area contributed by atoms with Gasteiger partial charge in [0.1, 0.15) is 0 Å². The highest BCUT2D eigenvalue weighted by Gasteiger charge is 2.35. The molecule has 2 aromatic carbocycles. The van der Waals surface area contributed by atoms with Gasteiger partial charge in [-0.2, -0.15) is 0 Å². The molecule has 3 aromatic rings. The van der Waals surface area contributed by atoms with Gasteiger partial charge in [-0.3, -0.25) is 4.90 Å². The number of imidazole rings is 1. The first-order chi connectivity index (χ1) is 14.9. The summed E-state index contributed by atoms with van der Waals surface area (Å²) in [5, 5.41) is 3.89. The van der Waals surface area contributed by atoms with Crippen LogP contribution in [0.25, 0.3) is 5.69 Å². The second kappa shape index (κ2) is 8.35. The number of hydrogen-bond donors (Lipinski definition) is 1. The third-order valence-electron chi connectivity index (χ3n) is 5.38. The molecular weight excluding hydrogens is 408 g/mol. The lowest BCUT2D eigenvalue weighted by Crippen LogP contribution is -2.48. The largest absolute Gasteiger partial charge is 0.466 e. The molecule has 1 unspecified atom stereocenters. The summed E-state index contributed by atoms with van der Waals surface area (Å²) in [6, 6.07) is 13.8. The van der Waals surface area contributed by atoms with Crippen molar-refractivity contribution in [3.8, 4) is 5.69 Å². The summed E-state index contributed by atoms with van der Waals surface area (Å²) in [4.78, 5) is 18.8. The molecular formula is C24H24N4O2S. The van der Waals surface area contributed by atoms with Crippen molar-refractivity contribution in [2.45, 2.75) is 26.8 Å². The molecule has 31 heavy (non-hydrogen) atoms. The van der Waals surface area contributed by atoms with Gasteiger partial charge in [0.2, 0.25) is 0 Å². The van der Waals surface area contributed by atoms with Crippen LogP contribution in [0.15, 0.2) is 72.5 Å². The highest BCUT2D eigenvalue weighted by molar-refractivity contribution is 7.80. The van der Waals surface area contributed by atoms with Gasteiger partial charge in [-0.1, -0.05) is 18.2 Å². The molecule has 0 bridgehead atoms. The van der Waals surface area contributed by atoms with Gasteiger partial charge >= 0.3 is 5.97 Å². The topological polar surface area (TPSA) is 59.4 Å². The maximum atomic E-state index is 12.8. The van der Waals surface area contributed by atoms with E-state index in [9.17, 15) is 4.79 Å². The van der Waals surface area contributed by atoms with Crippen LogP contribution in [0.5, 0.6) is 0 Å². The van der Waals surface area contributed by atoms with E-state index in [-0.39, 0.29) is 5.97 Å². The standard InChI is InChI=1S/C24H24N4O2S/c1-15-11-16(2)13-20(12-15)28-17(3)21(23(29)30-4)22(26-24(28)31)18-5-7-19(8-6-18)27-10-9-25-14-27/h5-14,22H,1-4H3,(H,26,31). The number of benzene rings is 2. The fourth-order valence-corrected chi connectivity index (χ4v) is 4.37. The molecule has 0 fully saturated rings. The zero-order valence-electron chi connectivity index (χ0n) is 17.9. The molecule has 0 aliphatic carbocycles. The molecule has 0 radical (unpaired) electrons. The molecule has 1 aromatic heterocycles. The smallest absolute Gasteiger partial charge is 0.337 e. The number of ether oxygens (including phenoxy) is 1. The Morgan fingerprint density at radius 3 is 2.32 bits per heavy atom. The minimum absolute atomic E-state index is 0.384. The van der Waals surface area contributed by atoms with E-state index in [2.05, 4.69) is 28.5 Å². The Morgan fingerprint density at radius 1 is 1.06 bits per heavy atom. The SMILES string of the molecule is COC(=O)C1=C(C)N(c2cc(C)cc(C)c2)C(=S)NC1c1ccc(-n2ccnc2)cc1.